The van der Waals surface area contributed by atoms with Gasteiger partial charge in [0.2, 0.25) is 0 Å². The van der Waals surface area contributed by atoms with Gasteiger partial charge in [-0.15, -0.1) is 0 Å². The zero-order valence-electron chi connectivity index (χ0n) is 39.4. The van der Waals surface area contributed by atoms with Crippen LogP contribution in [0.4, 0.5) is 0 Å². The third-order valence-electron chi connectivity index (χ3n) is 11.5. The summed E-state index contributed by atoms with van der Waals surface area (Å²) in [6, 6.07) is 0. The van der Waals surface area contributed by atoms with Gasteiger partial charge in [-0.2, -0.15) is 8.42 Å². The Kier molecular flexibility index (Phi) is 37.5. The first-order chi connectivity index (χ1) is 30.5. The first-order valence-corrected chi connectivity index (χ1v) is 26.7. The molecular formula is C50H90O12S. The highest BCUT2D eigenvalue weighted by molar-refractivity contribution is 7.85. The van der Waals surface area contributed by atoms with E-state index in [2.05, 4.69) is 38.2 Å². The largest absolute Gasteiger partial charge is 0.462 e. The van der Waals surface area contributed by atoms with Crippen LogP contribution in [0.15, 0.2) is 36.5 Å². The number of allylic oxidation sites excluding steroid dienone is 6. The first-order valence-electron chi connectivity index (χ1n) is 25.0. The van der Waals surface area contributed by atoms with E-state index in [0.29, 0.717) is 12.8 Å². The average molecular weight is 915 g/mol. The molecule has 0 bridgehead atoms. The summed E-state index contributed by atoms with van der Waals surface area (Å²) in [4.78, 5) is 25.4. The lowest BCUT2D eigenvalue weighted by Crippen LogP contribution is -2.60. The molecule has 0 aromatic rings. The van der Waals surface area contributed by atoms with E-state index in [1.807, 2.05) is 12.2 Å². The highest BCUT2D eigenvalue weighted by Crippen LogP contribution is 2.24. The minimum absolute atomic E-state index is 0.0580. The molecule has 1 aliphatic rings. The molecular weight excluding hydrogens is 825 g/mol. The molecule has 13 heteroatoms. The van der Waals surface area contributed by atoms with Crippen LogP contribution >= 0.6 is 0 Å². The Morgan fingerprint density at radius 2 is 0.984 bits per heavy atom. The predicted molar refractivity (Wildman–Crippen MR) is 252 cm³/mol. The molecule has 0 amide bonds. The molecule has 4 N–H and O–H groups in total. The molecule has 0 spiro atoms. The Bertz CT molecular complexity index is 1300. The second-order valence-electron chi connectivity index (χ2n) is 17.5. The molecule has 1 saturated heterocycles. The normalized spacial score (nSPS) is 20.0. The maximum absolute atomic E-state index is 12.8. The Morgan fingerprint density at radius 1 is 0.540 bits per heavy atom. The molecule has 1 rings (SSSR count). The summed E-state index contributed by atoms with van der Waals surface area (Å²) in [5.74, 6) is -2.07. The lowest BCUT2D eigenvalue weighted by atomic mass is 10.00. The van der Waals surface area contributed by atoms with Gasteiger partial charge in [0, 0.05) is 12.8 Å². The number of carbonyl (C=O) groups is 2. The topological polar surface area (TPSA) is 186 Å². The SMILES string of the molecule is CCCCCCCC/C=C/C/C=C/CCC(=O)OC(COC(=O)CCCCCCCCC/C=C/CCCCCCCCCCCCC)CO[C@H]1O[C@H](CS(=O)(=O)O)[C@@H](O)C(O)C1O. The molecule has 12 nitrogen and oxygen atoms in total. The zero-order valence-corrected chi connectivity index (χ0v) is 40.2. The van der Waals surface area contributed by atoms with E-state index >= 15 is 0 Å². The summed E-state index contributed by atoms with van der Waals surface area (Å²) in [6.45, 7) is 3.71. The van der Waals surface area contributed by atoms with E-state index in [0.717, 1.165) is 38.5 Å². The minimum Gasteiger partial charge on any atom is -0.462 e. The molecule has 1 aliphatic heterocycles. The molecule has 1 fully saturated rings. The van der Waals surface area contributed by atoms with Gasteiger partial charge in [0.05, 0.1) is 6.61 Å². The summed E-state index contributed by atoms with van der Waals surface area (Å²) in [5, 5.41) is 30.9. The monoisotopic (exact) mass is 915 g/mol. The summed E-state index contributed by atoms with van der Waals surface area (Å²) >= 11 is 0. The highest BCUT2D eigenvalue weighted by atomic mass is 32.2. The van der Waals surface area contributed by atoms with Crippen LogP contribution in [-0.2, 0) is 38.7 Å². The molecule has 0 aromatic heterocycles. The van der Waals surface area contributed by atoms with Crippen LogP contribution < -0.4 is 0 Å². The molecule has 1 heterocycles. The standard InChI is InChI=1S/C50H90O12S/c1-3-5-7-9-11-13-15-17-18-19-20-21-22-23-24-25-27-28-30-32-34-36-38-45(51)59-40-43(41-60-50-49(55)48(54)47(53)44(62-50)42-63(56,57)58)61-46(52)39-37-35-33-31-29-26-16-14-12-10-8-6-4-2/h22-23,26,29,33,35,43-44,47-50,53-55H,3-21,24-25,27-28,30-32,34,36-42H2,1-2H3,(H,56,57,58)/b23-22+,29-26+,35-33+/t43?,44-,47-,48?,49?,50+/m1/s1. The minimum atomic E-state index is -4.61. The van der Waals surface area contributed by atoms with Crippen LogP contribution in [0.25, 0.3) is 0 Å². The molecule has 0 aliphatic carbocycles. The van der Waals surface area contributed by atoms with Gasteiger partial charge in [0.15, 0.2) is 12.4 Å². The maximum atomic E-state index is 12.8. The first kappa shape index (κ1) is 58.9. The number of aliphatic hydroxyl groups is 3. The fourth-order valence-corrected chi connectivity index (χ4v) is 8.24. The molecule has 63 heavy (non-hydrogen) atoms. The number of carbonyl (C=O) groups excluding carboxylic acids is 2. The number of ether oxygens (including phenoxy) is 4. The van der Waals surface area contributed by atoms with Gasteiger partial charge in [-0.25, -0.2) is 0 Å². The summed E-state index contributed by atoms with van der Waals surface area (Å²) in [6.07, 6.45) is 37.8. The van der Waals surface area contributed by atoms with Crippen LogP contribution in [0.3, 0.4) is 0 Å². The number of rotatable bonds is 42. The van der Waals surface area contributed by atoms with Crippen molar-refractivity contribution in [3.8, 4) is 0 Å². The number of aliphatic hydroxyl groups excluding tert-OH is 3. The average Bonchev–Trinajstić information content (AvgIpc) is 3.25. The van der Waals surface area contributed by atoms with Gasteiger partial charge in [0.25, 0.3) is 10.1 Å². The van der Waals surface area contributed by atoms with E-state index < -0.39 is 71.2 Å². The zero-order chi connectivity index (χ0) is 46.2. The molecule has 0 radical (unpaired) electrons. The molecule has 0 aromatic carbocycles. The van der Waals surface area contributed by atoms with Gasteiger partial charge in [-0.3, -0.25) is 14.1 Å². The van der Waals surface area contributed by atoms with E-state index in [9.17, 15) is 37.9 Å². The van der Waals surface area contributed by atoms with Crippen LogP contribution in [0.2, 0.25) is 0 Å². The predicted octanol–water partition coefficient (Wildman–Crippen LogP) is 11.0. The summed E-state index contributed by atoms with van der Waals surface area (Å²) in [7, 11) is -4.61. The molecule has 3 unspecified atom stereocenters. The Labute approximate surface area is 382 Å². The van der Waals surface area contributed by atoms with Crippen molar-refractivity contribution in [2.75, 3.05) is 19.0 Å². The van der Waals surface area contributed by atoms with Gasteiger partial charge in [-0.05, 0) is 57.8 Å². The van der Waals surface area contributed by atoms with Crippen molar-refractivity contribution in [3.05, 3.63) is 36.5 Å². The molecule has 6 atom stereocenters. The Balaban J connectivity index is 2.38. The second-order valence-corrected chi connectivity index (χ2v) is 19.0. The number of esters is 2. The second kappa shape index (κ2) is 40.2. The van der Waals surface area contributed by atoms with Crippen LogP contribution in [0.1, 0.15) is 213 Å². The Hall–Kier alpha value is -2.13. The van der Waals surface area contributed by atoms with Gasteiger partial charge < -0.3 is 34.3 Å². The highest BCUT2D eigenvalue weighted by Gasteiger charge is 2.46. The van der Waals surface area contributed by atoms with Crippen LogP contribution in [0.5, 0.6) is 0 Å². The number of hydrogen-bond acceptors (Lipinski definition) is 11. The van der Waals surface area contributed by atoms with Crippen molar-refractivity contribution < 1.29 is 56.8 Å². The maximum Gasteiger partial charge on any atom is 0.306 e. The van der Waals surface area contributed by atoms with Crippen molar-refractivity contribution in [2.24, 2.45) is 0 Å². The fraction of sp³-hybridized carbons (Fsp3) is 0.840. The van der Waals surface area contributed by atoms with Crippen molar-refractivity contribution in [3.63, 3.8) is 0 Å². The quantitative estimate of drug-likeness (QED) is 0.0197. The van der Waals surface area contributed by atoms with Crippen LogP contribution in [-0.4, -0.2) is 96.0 Å². The van der Waals surface area contributed by atoms with Crippen molar-refractivity contribution in [2.45, 2.75) is 250 Å². The van der Waals surface area contributed by atoms with E-state index in [-0.39, 0.29) is 19.4 Å². The van der Waals surface area contributed by atoms with Gasteiger partial charge in [-0.1, -0.05) is 179 Å². The number of hydrogen-bond donors (Lipinski definition) is 4. The third kappa shape index (κ3) is 34.8. The Morgan fingerprint density at radius 3 is 1.48 bits per heavy atom. The lowest BCUT2D eigenvalue weighted by Gasteiger charge is -2.40. The third-order valence-corrected chi connectivity index (χ3v) is 12.2. The van der Waals surface area contributed by atoms with E-state index in [1.54, 1.807) is 0 Å². The molecule has 368 valence electrons. The number of unbranched alkanes of at least 4 members (excludes halogenated alkanes) is 24. The van der Waals surface area contributed by atoms with Crippen molar-refractivity contribution in [1.82, 2.24) is 0 Å². The van der Waals surface area contributed by atoms with Gasteiger partial charge in [0.1, 0.15) is 36.8 Å². The summed E-state index contributed by atoms with van der Waals surface area (Å²) in [5.41, 5.74) is 0. The van der Waals surface area contributed by atoms with Crippen molar-refractivity contribution >= 4 is 22.1 Å². The molecule has 0 saturated carbocycles. The fourth-order valence-electron chi connectivity index (χ4n) is 7.55. The summed E-state index contributed by atoms with van der Waals surface area (Å²) < 4.78 is 54.1. The van der Waals surface area contributed by atoms with Crippen molar-refractivity contribution in [1.29, 1.82) is 0 Å². The van der Waals surface area contributed by atoms with Crippen LogP contribution in [0, 0.1) is 0 Å². The van der Waals surface area contributed by atoms with E-state index in [1.165, 1.54) is 135 Å². The smallest absolute Gasteiger partial charge is 0.306 e. The van der Waals surface area contributed by atoms with Gasteiger partial charge >= 0.3 is 11.9 Å². The lowest BCUT2D eigenvalue weighted by molar-refractivity contribution is -0.297. The van der Waals surface area contributed by atoms with E-state index in [4.69, 9.17) is 18.9 Å².